The van der Waals surface area contributed by atoms with E-state index in [1.165, 1.54) is 4.90 Å². The van der Waals surface area contributed by atoms with Crippen LogP contribution in [0.15, 0.2) is 0 Å². The highest BCUT2D eigenvalue weighted by molar-refractivity contribution is 5.68. The second-order valence-corrected chi connectivity index (χ2v) is 7.97. The summed E-state index contributed by atoms with van der Waals surface area (Å²) in [4.78, 5) is 13.5. The van der Waals surface area contributed by atoms with Crippen LogP contribution in [0.1, 0.15) is 52.9 Å². The van der Waals surface area contributed by atoms with Gasteiger partial charge < -0.3 is 19.8 Å². The average molecular weight is 335 g/mol. The molecule has 0 aromatic rings. The van der Waals surface area contributed by atoms with Crippen molar-refractivity contribution < 1.29 is 28.5 Å². The van der Waals surface area contributed by atoms with Gasteiger partial charge in [0.15, 0.2) is 0 Å². The molecule has 2 rings (SSSR count). The first-order chi connectivity index (χ1) is 10.4. The highest BCUT2D eigenvalue weighted by Gasteiger charge is 2.60. The van der Waals surface area contributed by atoms with Gasteiger partial charge in [-0.05, 0) is 40.0 Å². The van der Waals surface area contributed by atoms with Gasteiger partial charge in [-0.1, -0.05) is 0 Å². The molecule has 0 bridgehead atoms. The van der Waals surface area contributed by atoms with Crippen LogP contribution < -0.4 is 0 Å². The molecule has 134 valence electrons. The molecule has 1 aliphatic carbocycles. The van der Waals surface area contributed by atoms with Crippen molar-refractivity contribution >= 4 is 6.09 Å². The van der Waals surface area contributed by atoms with Crippen LogP contribution in [0.4, 0.5) is 13.6 Å². The largest absolute Gasteiger partial charge is 0.444 e. The maximum atomic E-state index is 13.6. The molecule has 7 heteroatoms. The number of likely N-dealkylation sites (tertiary alicyclic amines) is 1. The predicted molar refractivity (Wildman–Crippen MR) is 80.3 cm³/mol. The summed E-state index contributed by atoms with van der Waals surface area (Å²) in [6, 6.07) is 0. The molecule has 1 atom stereocenters. The first-order valence-electron chi connectivity index (χ1n) is 8.11. The minimum atomic E-state index is -2.85. The number of amides is 1. The first-order valence-corrected chi connectivity index (χ1v) is 8.11. The number of piperidine rings is 1. The van der Waals surface area contributed by atoms with Crippen LogP contribution in [0.3, 0.4) is 0 Å². The molecular weight excluding hydrogens is 308 g/mol. The van der Waals surface area contributed by atoms with Gasteiger partial charge in [-0.25, -0.2) is 13.6 Å². The van der Waals surface area contributed by atoms with Gasteiger partial charge in [-0.2, -0.15) is 0 Å². The smallest absolute Gasteiger partial charge is 0.410 e. The van der Waals surface area contributed by atoms with Crippen LogP contribution in [0.2, 0.25) is 0 Å². The lowest BCUT2D eigenvalue weighted by Gasteiger charge is -2.48. The minimum Gasteiger partial charge on any atom is -0.444 e. The van der Waals surface area contributed by atoms with Crippen molar-refractivity contribution in [3.63, 3.8) is 0 Å². The summed E-state index contributed by atoms with van der Waals surface area (Å²) < 4.78 is 32.6. The van der Waals surface area contributed by atoms with Crippen molar-refractivity contribution in [1.29, 1.82) is 0 Å². The fourth-order valence-electron chi connectivity index (χ4n) is 3.69. The Kier molecular flexibility index (Phi) is 4.67. The van der Waals surface area contributed by atoms with E-state index in [0.29, 0.717) is 0 Å². The number of carbonyl (C=O) groups excluding carboxylic acids is 1. The Morgan fingerprint density at radius 2 is 1.74 bits per heavy atom. The Labute approximate surface area is 135 Å². The summed E-state index contributed by atoms with van der Waals surface area (Å²) in [6.07, 6.45) is -0.842. The zero-order valence-electron chi connectivity index (χ0n) is 14.1. The summed E-state index contributed by atoms with van der Waals surface area (Å²) in [5, 5.41) is 20.6. The maximum absolute atomic E-state index is 13.6. The zero-order valence-corrected chi connectivity index (χ0v) is 14.1. The second-order valence-electron chi connectivity index (χ2n) is 7.97. The number of ether oxygens (including phenoxy) is 1. The highest BCUT2D eigenvalue weighted by atomic mass is 19.3. The van der Waals surface area contributed by atoms with Crippen LogP contribution in [0.25, 0.3) is 0 Å². The van der Waals surface area contributed by atoms with Crippen LogP contribution in [-0.4, -0.2) is 58.0 Å². The number of rotatable bonds is 2. The Morgan fingerprint density at radius 1 is 1.17 bits per heavy atom. The number of carbonyl (C=O) groups is 1. The monoisotopic (exact) mass is 335 g/mol. The molecule has 2 N–H and O–H groups in total. The topological polar surface area (TPSA) is 70.0 Å². The van der Waals surface area contributed by atoms with Crippen LogP contribution >= 0.6 is 0 Å². The summed E-state index contributed by atoms with van der Waals surface area (Å²) in [6.45, 7) is 5.31. The van der Waals surface area contributed by atoms with Crippen molar-refractivity contribution in [2.24, 2.45) is 5.41 Å². The number of aliphatic hydroxyl groups excluding tert-OH is 1. The molecule has 0 aromatic heterocycles. The second kappa shape index (κ2) is 5.84. The molecule has 23 heavy (non-hydrogen) atoms. The van der Waals surface area contributed by atoms with Crippen LogP contribution in [-0.2, 0) is 4.74 Å². The van der Waals surface area contributed by atoms with Gasteiger partial charge in [0.05, 0.1) is 12.2 Å². The van der Waals surface area contributed by atoms with E-state index in [1.54, 1.807) is 20.8 Å². The molecule has 1 amide bonds. The summed E-state index contributed by atoms with van der Waals surface area (Å²) >= 11 is 0. The first kappa shape index (κ1) is 18.4. The van der Waals surface area contributed by atoms with E-state index in [0.717, 1.165) is 0 Å². The number of nitrogens with zero attached hydrogens (tertiary/aromatic N) is 1. The van der Waals surface area contributed by atoms with Gasteiger partial charge >= 0.3 is 6.09 Å². The lowest BCUT2D eigenvalue weighted by atomic mass is 9.66. The fourth-order valence-corrected chi connectivity index (χ4v) is 3.69. The maximum Gasteiger partial charge on any atom is 0.410 e. The van der Waals surface area contributed by atoms with Gasteiger partial charge in [0, 0.05) is 31.3 Å². The molecule has 1 heterocycles. The third-order valence-electron chi connectivity index (χ3n) is 5.10. The molecule has 1 unspecified atom stereocenters. The molecule has 1 saturated heterocycles. The molecule has 0 radical (unpaired) electrons. The minimum absolute atomic E-state index is 0.0967. The van der Waals surface area contributed by atoms with E-state index >= 15 is 0 Å². The van der Waals surface area contributed by atoms with Crippen LogP contribution in [0, 0.1) is 5.41 Å². The summed E-state index contributed by atoms with van der Waals surface area (Å²) in [5.74, 6) is -2.85. The fraction of sp³-hybridized carbons (Fsp3) is 0.938. The molecule has 5 nitrogen and oxygen atoms in total. The van der Waals surface area contributed by atoms with E-state index in [4.69, 9.17) is 4.74 Å². The molecule has 1 aliphatic heterocycles. The lowest BCUT2D eigenvalue weighted by molar-refractivity contribution is -0.148. The van der Waals surface area contributed by atoms with E-state index in [1.807, 2.05) is 0 Å². The van der Waals surface area contributed by atoms with E-state index in [2.05, 4.69) is 0 Å². The summed E-state index contributed by atoms with van der Waals surface area (Å²) in [7, 11) is 0. The van der Waals surface area contributed by atoms with Gasteiger partial charge in [0.2, 0.25) is 5.92 Å². The number of hydrogen-bond acceptors (Lipinski definition) is 4. The van der Waals surface area contributed by atoms with Gasteiger partial charge in [-0.15, -0.1) is 0 Å². The quantitative estimate of drug-likeness (QED) is 0.814. The van der Waals surface area contributed by atoms with E-state index < -0.39 is 41.7 Å². The molecule has 0 spiro atoms. The zero-order chi connectivity index (χ0) is 17.5. The van der Waals surface area contributed by atoms with Crippen LogP contribution in [0.5, 0.6) is 0 Å². The third kappa shape index (κ3) is 3.76. The Bertz CT molecular complexity index is 455. The highest BCUT2D eigenvalue weighted by Crippen LogP contribution is 2.55. The van der Waals surface area contributed by atoms with Crippen molar-refractivity contribution in [2.75, 3.05) is 19.7 Å². The van der Waals surface area contributed by atoms with Crippen molar-refractivity contribution in [1.82, 2.24) is 4.90 Å². The molecule has 2 fully saturated rings. The third-order valence-corrected chi connectivity index (χ3v) is 5.10. The van der Waals surface area contributed by atoms with Gasteiger partial charge in [-0.3, -0.25) is 0 Å². The van der Waals surface area contributed by atoms with Gasteiger partial charge in [0.1, 0.15) is 5.60 Å². The number of halogens is 2. The van der Waals surface area contributed by atoms with Gasteiger partial charge in [0.25, 0.3) is 0 Å². The lowest BCUT2D eigenvalue weighted by Crippen LogP contribution is -2.57. The van der Waals surface area contributed by atoms with Crippen molar-refractivity contribution in [3.05, 3.63) is 0 Å². The normalized spacial score (nSPS) is 30.3. The summed E-state index contributed by atoms with van der Waals surface area (Å²) in [5.41, 5.74) is -3.17. The van der Waals surface area contributed by atoms with Crippen molar-refractivity contribution in [3.8, 4) is 0 Å². The molecular formula is C16H27F2NO4. The number of alkyl halides is 2. The predicted octanol–water partition coefficient (Wildman–Crippen LogP) is 2.55. The number of aliphatic hydroxyl groups is 2. The molecule has 1 saturated carbocycles. The van der Waals surface area contributed by atoms with E-state index in [-0.39, 0.29) is 38.8 Å². The Morgan fingerprint density at radius 3 is 2.13 bits per heavy atom. The SMILES string of the molecule is CC(C)(C)OC(=O)N1CCC(O)(C2(CO)CCC(F)(F)C2)CC1. The molecule has 2 aliphatic rings. The average Bonchev–Trinajstić information content (AvgIpc) is 2.75. The Hall–Kier alpha value is -0.950. The van der Waals surface area contributed by atoms with E-state index in [9.17, 15) is 23.8 Å². The Balaban J connectivity index is 2.03. The molecule has 0 aromatic carbocycles. The number of hydrogen-bond donors (Lipinski definition) is 2. The standard InChI is InChI=1S/C16H27F2NO4/c1-13(2,3)23-12(21)19-8-6-15(22,7-9-19)14(11-20)4-5-16(17,18)10-14/h20,22H,4-11H2,1-3H3. The van der Waals surface area contributed by atoms with Crippen molar-refractivity contribution in [2.45, 2.75) is 70.0 Å².